The number of nitrogen functional groups attached to an aromatic ring is 1. The van der Waals surface area contributed by atoms with Crippen molar-refractivity contribution in [1.82, 2.24) is 9.97 Å². The lowest BCUT2D eigenvalue weighted by Crippen LogP contribution is -2.45. The van der Waals surface area contributed by atoms with Gasteiger partial charge in [-0.3, -0.25) is 5.43 Å². The fraction of sp³-hybridized carbons (Fsp3) is 0.556. The van der Waals surface area contributed by atoms with Crippen molar-refractivity contribution in [2.75, 3.05) is 24.0 Å². The summed E-state index contributed by atoms with van der Waals surface area (Å²) in [5.41, 5.74) is 1.42. The topological polar surface area (TPSA) is 116 Å². The van der Waals surface area contributed by atoms with Gasteiger partial charge in [0.05, 0.1) is 24.9 Å². The Bertz CT molecular complexity index is 364. The van der Waals surface area contributed by atoms with E-state index in [-0.39, 0.29) is 24.2 Å². The molecular formula is C9H16ClN5O2. The second-order valence-corrected chi connectivity index (χ2v) is 4.02. The molecule has 17 heavy (non-hydrogen) atoms. The summed E-state index contributed by atoms with van der Waals surface area (Å²) in [5.74, 6) is 5.68. The van der Waals surface area contributed by atoms with Gasteiger partial charge >= 0.3 is 0 Å². The minimum atomic E-state index is -0.871. The number of halogens is 1. The van der Waals surface area contributed by atoms with Crippen molar-refractivity contribution in [2.45, 2.75) is 18.9 Å². The third kappa shape index (κ3) is 3.16. The van der Waals surface area contributed by atoms with E-state index in [9.17, 15) is 10.2 Å². The van der Waals surface area contributed by atoms with Crippen LogP contribution in [0.3, 0.4) is 0 Å². The Balaban J connectivity index is 2.99. The third-order valence-electron chi connectivity index (χ3n) is 2.54. The van der Waals surface area contributed by atoms with Gasteiger partial charge in [0.25, 0.3) is 0 Å². The molecule has 0 saturated heterocycles. The Kier molecular flexibility index (Phi) is 4.88. The summed E-state index contributed by atoms with van der Waals surface area (Å²) < 4.78 is 0. The van der Waals surface area contributed by atoms with Crippen LogP contribution in [0.25, 0.3) is 0 Å². The minimum Gasteiger partial charge on any atom is -0.394 e. The first-order valence-electron chi connectivity index (χ1n) is 5.10. The molecule has 0 bridgehead atoms. The van der Waals surface area contributed by atoms with Crippen LogP contribution in [0.4, 0.5) is 11.8 Å². The minimum absolute atomic E-state index is 0.192. The first-order valence-corrected chi connectivity index (χ1v) is 5.47. The fourth-order valence-electron chi connectivity index (χ4n) is 1.22. The monoisotopic (exact) mass is 261 g/mol. The summed E-state index contributed by atoms with van der Waals surface area (Å²) in [4.78, 5) is 7.83. The van der Waals surface area contributed by atoms with Crippen molar-refractivity contribution in [3.05, 3.63) is 11.2 Å². The van der Waals surface area contributed by atoms with E-state index in [4.69, 9.17) is 17.4 Å². The van der Waals surface area contributed by atoms with Crippen LogP contribution in [0.15, 0.2) is 6.20 Å². The molecule has 0 aliphatic carbocycles. The van der Waals surface area contributed by atoms with Crippen LogP contribution in [0.5, 0.6) is 0 Å². The standard InChI is InChI=1S/C9H16ClN5O2/c1-2-9(4-16,5-17)14-7-6(10)3-12-8(13-7)15-11/h3,16-17H,2,4-5,11H2,1H3,(H2,12,13,14,15). The zero-order chi connectivity index (χ0) is 12.9. The first kappa shape index (κ1) is 13.9. The second-order valence-electron chi connectivity index (χ2n) is 3.61. The number of aliphatic hydroxyl groups is 2. The number of hydrogen-bond acceptors (Lipinski definition) is 7. The van der Waals surface area contributed by atoms with Gasteiger partial charge in [-0.15, -0.1) is 0 Å². The maximum atomic E-state index is 9.31. The number of nitrogens with zero attached hydrogens (tertiary/aromatic N) is 2. The van der Waals surface area contributed by atoms with Gasteiger partial charge in [0.2, 0.25) is 5.95 Å². The zero-order valence-electron chi connectivity index (χ0n) is 9.44. The predicted octanol–water partition coefficient (Wildman–Crippen LogP) is -0.0391. The van der Waals surface area contributed by atoms with E-state index in [1.807, 2.05) is 6.92 Å². The number of aromatic nitrogens is 2. The molecule has 96 valence electrons. The van der Waals surface area contributed by atoms with Gasteiger partial charge in [0, 0.05) is 0 Å². The van der Waals surface area contributed by atoms with Crippen molar-refractivity contribution < 1.29 is 10.2 Å². The number of rotatable bonds is 6. The number of aliphatic hydroxyl groups excluding tert-OH is 2. The summed E-state index contributed by atoms with van der Waals surface area (Å²) in [6.07, 6.45) is 1.88. The Morgan fingerprint density at radius 1 is 1.47 bits per heavy atom. The van der Waals surface area contributed by atoms with Crippen LogP contribution < -0.4 is 16.6 Å². The molecule has 0 spiro atoms. The van der Waals surface area contributed by atoms with Crippen LogP contribution >= 0.6 is 11.6 Å². The average molecular weight is 262 g/mol. The molecule has 0 fully saturated rings. The Morgan fingerprint density at radius 2 is 2.12 bits per heavy atom. The highest BCUT2D eigenvalue weighted by molar-refractivity contribution is 6.32. The van der Waals surface area contributed by atoms with E-state index in [1.54, 1.807) is 0 Å². The maximum absolute atomic E-state index is 9.31. The van der Waals surface area contributed by atoms with Crippen LogP contribution in [0.1, 0.15) is 13.3 Å². The van der Waals surface area contributed by atoms with Crippen molar-refractivity contribution in [3.8, 4) is 0 Å². The molecule has 0 atom stereocenters. The molecule has 1 aromatic rings. The van der Waals surface area contributed by atoms with E-state index in [0.717, 1.165) is 0 Å². The summed E-state index contributed by atoms with van der Waals surface area (Å²) >= 11 is 5.91. The SMILES string of the molecule is CCC(CO)(CO)Nc1nc(NN)ncc1Cl. The molecule has 1 heterocycles. The highest BCUT2D eigenvalue weighted by Gasteiger charge is 2.27. The van der Waals surface area contributed by atoms with Gasteiger partial charge in [-0.1, -0.05) is 18.5 Å². The molecule has 0 aromatic carbocycles. The molecular weight excluding hydrogens is 246 g/mol. The van der Waals surface area contributed by atoms with E-state index in [2.05, 4.69) is 20.7 Å². The molecule has 0 saturated carbocycles. The van der Waals surface area contributed by atoms with Crippen molar-refractivity contribution in [2.24, 2.45) is 5.84 Å². The lowest BCUT2D eigenvalue weighted by Gasteiger charge is -2.30. The fourth-order valence-corrected chi connectivity index (χ4v) is 1.35. The maximum Gasteiger partial charge on any atom is 0.239 e. The third-order valence-corrected chi connectivity index (χ3v) is 2.82. The van der Waals surface area contributed by atoms with Gasteiger partial charge in [-0.05, 0) is 6.42 Å². The molecule has 0 radical (unpaired) electrons. The summed E-state index contributed by atoms with van der Waals surface area (Å²) in [5, 5.41) is 21.8. The molecule has 6 N–H and O–H groups in total. The van der Waals surface area contributed by atoms with Gasteiger partial charge in [-0.25, -0.2) is 10.8 Å². The van der Waals surface area contributed by atoms with E-state index >= 15 is 0 Å². The van der Waals surface area contributed by atoms with Gasteiger partial charge in [-0.2, -0.15) is 4.98 Å². The first-order chi connectivity index (χ1) is 8.10. The molecule has 0 aliphatic rings. The van der Waals surface area contributed by atoms with Crippen LogP contribution in [-0.2, 0) is 0 Å². The molecule has 0 aliphatic heterocycles. The van der Waals surface area contributed by atoms with E-state index in [0.29, 0.717) is 12.2 Å². The Morgan fingerprint density at radius 3 is 2.59 bits per heavy atom. The Labute approximate surface area is 104 Å². The van der Waals surface area contributed by atoms with Gasteiger partial charge in [0.15, 0.2) is 5.82 Å². The highest BCUT2D eigenvalue weighted by atomic mass is 35.5. The number of nitrogens with one attached hydrogen (secondary N) is 2. The summed E-state index contributed by atoms with van der Waals surface area (Å²) in [6, 6.07) is 0. The number of nitrogens with two attached hydrogens (primary N) is 1. The lowest BCUT2D eigenvalue weighted by molar-refractivity contribution is 0.132. The largest absolute Gasteiger partial charge is 0.394 e. The van der Waals surface area contributed by atoms with Crippen LogP contribution in [0.2, 0.25) is 5.02 Å². The van der Waals surface area contributed by atoms with Crippen molar-refractivity contribution >= 4 is 23.4 Å². The van der Waals surface area contributed by atoms with E-state index < -0.39 is 5.54 Å². The van der Waals surface area contributed by atoms with Crippen LogP contribution in [0, 0.1) is 0 Å². The van der Waals surface area contributed by atoms with E-state index in [1.165, 1.54) is 6.20 Å². The number of hydrazine groups is 1. The Hall–Kier alpha value is -1.15. The quantitative estimate of drug-likeness (QED) is 0.360. The van der Waals surface area contributed by atoms with Crippen molar-refractivity contribution in [3.63, 3.8) is 0 Å². The molecule has 7 nitrogen and oxygen atoms in total. The molecule has 1 aromatic heterocycles. The second kappa shape index (κ2) is 5.97. The molecule has 0 unspecified atom stereocenters. The average Bonchev–Trinajstić information content (AvgIpc) is 2.38. The molecule has 1 rings (SSSR count). The lowest BCUT2D eigenvalue weighted by atomic mass is 9.98. The predicted molar refractivity (Wildman–Crippen MR) is 65.7 cm³/mol. The van der Waals surface area contributed by atoms with Gasteiger partial charge < -0.3 is 15.5 Å². The molecule has 8 heteroatoms. The smallest absolute Gasteiger partial charge is 0.239 e. The van der Waals surface area contributed by atoms with Crippen molar-refractivity contribution in [1.29, 1.82) is 0 Å². The molecule has 0 amide bonds. The normalized spacial score (nSPS) is 11.4. The summed E-state index contributed by atoms with van der Waals surface area (Å²) in [6.45, 7) is 1.34. The van der Waals surface area contributed by atoms with Gasteiger partial charge in [0.1, 0.15) is 5.02 Å². The number of hydrogen-bond donors (Lipinski definition) is 5. The number of anilines is 2. The highest BCUT2D eigenvalue weighted by Crippen LogP contribution is 2.24. The summed E-state index contributed by atoms with van der Waals surface area (Å²) in [7, 11) is 0. The zero-order valence-corrected chi connectivity index (χ0v) is 10.2. The van der Waals surface area contributed by atoms with Crippen LogP contribution in [-0.4, -0.2) is 38.9 Å².